The third-order valence-electron chi connectivity index (χ3n) is 3.74. The van der Waals surface area contributed by atoms with Crippen molar-refractivity contribution in [3.63, 3.8) is 0 Å². The van der Waals surface area contributed by atoms with Crippen molar-refractivity contribution in [2.75, 3.05) is 5.75 Å². The SMILES string of the molecule is NNC(C1=CCCCCC1)C1CCCCS1. The predicted octanol–water partition coefficient (Wildman–Crippen LogP) is 2.99. The molecule has 3 N–H and O–H groups in total. The zero-order valence-electron chi connectivity index (χ0n) is 10.1. The molecule has 92 valence electrons. The second-order valence-corrected chi connectivity index (χ2v) is 6.27. The summed E-state index contributed by atoms with van der Waals surface area (Å²) in [5.41, 5.74) is 4.66. The molecular weight excluding hydrogens is 216 g/mol. The molecule has 3 heteroatoms. The Morgan fingerprint density at radius 2 is 2.19 bits per heavy atom. The minimum absolute atomic E-state index is 0.434. The summed E-state index contributed by atoms with van der Waals surface area (Å²) < 4.78 is 0. The van der Waals surface area contributed by atoms with Crippen LogP contribution in [0.25, 0.3) is 0 Å². The maximum atomic E-state index is 5.78. The van der Waals surface area contributed by atoms with Crippen molar-refractivity contribution in [2.45, 2.75) is 62.7 Å². The van der Waals surface area contributed by atoms with Crippen LogP contribution in [0.15, 0.2) is 11.6 Å². The first-order valence-corrected chi connectivity index (χ1v) is 7.73. The van der Waals surface area contributed by atoms with Crippen molar-refractivity contribution in [2.24, 2.45) is 5.84 Å². The molecule has 0 radical (unpaired) electrons. The van der Waals surface area contributed by atoms with Gasteiger partial charge in [-0.25, -0.2) is 0 Å². The van der Waals surface area contributed by atoms with Gasteiger partial charge in [-0.15, -0.1) is 0 Å². The summed E-state index contributed by atoms with van der Waals surface area (Å²) in [6.45, 7) is 0. The van der Waals surface area contributed by atoms with Crippen molar-refractivity contribution in [3.8, 4) is 0 Å². The molecule has 1 fully saturated rings. The fraction of sp³-hybridized carbons (Fsp3) is 0.846. The molecule has 0 aromatic heterocycles. The Balaban J connectivity index is 1.98. The van der Waals surface area contributed by atoms with Gasteiger partial charge in [-0.2, -0.15) is 11.8 Å². The summed E-state index contributed by atoms with van der Waals surface area (Å²) >= 11 is 2.11. The molecule has 0 saturated carbocycles. The standard InChI is InChI=1S/C13H24N2S/c14-15-13(12-9-5-6-10-16-12)11-7-3-1-2-4-8-11/h7,12-13,15H,1-6,8-10,14H2. The molecule has 1 aliphatic carbocycles. The van der Waals surface area contributed by atoms with Gasteiger partial charge < -0.3 is 0 Å². The highest BCUT2D eigenvalue weighted by molar-refractivity contribution is 8.00. The highest BCUT2D eigenvalue weighted by atomic mass is 32.2. The lowest BCUT2D eigenvalue weighted by Crippen LogP contribution is -2.44. The lowest BCUT2D eigenvalue weighted by Gasteiger charge is -2.31. The molecule has 2 atom stereocenters. The van der Waals surface area contributed by atoms with E-state index in [1.807, 2.05) is 0 Å². The molecule has 2 rings (SSSR count). The Labute approximate surface area is 103 Å². The number of hydrogen-bond acceptors (Lipinski definition) is 3. The Hall–Kier alpha value is 0.01000. The Morgan fingerprint density at radius 1 is 1.25 bits per heavy atom. The first-order chi connectivity index (χ1) is 7.92. The van der Waals surface area contributed by atoms with E-state index >= 15 is 0 Å². The topological polar surface area (TPSA) is 38.0 Å². The fourth-order valence-electron chi connectivity index (χ4n) is 2.80. The van der Waals surface area contributed by atoms with E-state index in [0.29, 0.717) is 11.3 Å². The van der Waals surface area contributed by atoms with Crippen LogP contribution in [0.1, 0.15) is 51.4 Å². The molecular formula is C13H24N2S. The molecule has 0 bridgehead atoms. The summed E-state index contributed by atoms with van der Waals surface area (Å²) in [4.78, 5) is 0. The summed E-state index contributed by atoms with van der Waals surface area (Å²) in [5.74, 6) is 7.10. The average molecular weight is 240 g/mol. The largest absolute Gasteiger partial charge is 0.271 e. The number of rotatable bonds is 3. The van der Waals surface area contributed by atoms with Gasteiger partial charge in [0.1, 0.15) is 0 Å². The highest BCUT2D eigenvalue weighted by Gasteiger charge is 2.26. The second-order valence-electron chi connectivity index (χ2n) is 4.93. The zero-order chi connectivity index (χ0) is 11.2. The van der Waals surface area contributed by atoms with Crippen LogP contribution in [0.3, 0.4) is 0 Å². The van der Waals surface area contributed by atoms with Crippen molar-refractivity contribution in [1.82, 2.24) is 5.43 Å². The van der Waals surface area contributed by atoms with E-state index in [2.05, 4.69) is 23.3 Å². The molecule has 2 aliphatic rings. The smallest absolute Gasteiger partial charge is 0.0538 e. The quantitative estimate of drug-likeness (QED) is 0.452. The first kappa shape index (κ1) is 12.5. The molecule has 0 aromatic rings. The summed E-state index contributed by atoms with van der Waals surface area (Å²) in [6, 6.07) is 0.434. The molecule has 0 spiro atoms. The molecule has 0 aromatic carbocycles. The normalized spacial score (nSPS) is 29.3. The maximum Gasteiger partial charge on any atom is 0.0538 e. The molecule has 2 unspecified atom stereocenters. The molecule has 2 nitrogen and oxygen atoms in total. The number of thioether (sulfide) groups is 1. The monoisotopic (exact) mass is 240 g/mol. The number of hydrazine groups is 1. The van der Waals surface area contributed by atoms with Gasteiger partial charge in [0, 0.05) is 5.25 Å². The lowest BCUT2D eigenvalue weighted by atomic mass is 9.96. The number of nitrogens with two attached hydrogens (primary N) is 1. The minimum atomic E-state index is 0.434. The van der Waals surface area contributed by atoms with Crippen LogP contribution < -0.4 is 11.3 Å². The molecule has 0 amide bonds. The van der Waals surface area contributed by atoms with Gasteiger partial charge in [0.15, 0.2) is 0 Å². The van der Waals surface area contributed by atoms with Crippen LogP contribution in [-0.4, -0.2) is 17.0 Å². The molecule has 1 heterocycles. The van der Waals surface area contributed by atoms with Crippen molar-refractivity contribution < 1.29 is 0 Å². The van der Waals surface area contributed by atoms with Gasteiger partial charge in [-0.3, -0.25) is 11.3 Å². The Kier molecular flexibility index (Phi) is 5.20. The summed E-state index contributed by atoms with van der Waals surface area (Å²) in [5, 5.41) is 0.711. The number of allylic oxidation sites excluding steroid dienone is 1. The van der Waals surface area contributed by atoms with E-state index in [4.69, 9.17) is 5.84 Å². The van der Waals surface area contributed by atoms with Gasteiger partial charge in [-0.1, -0.05) is 24.5 Å². The third-order valence-corrected chi connectivity index (χ3v) is 5.20. The van der Waals surface area contributed by atoms with Gasteiger partial charge >= 0.3 is 0 Å². The molecule has 1 aliphatic heterocycles. The third kappa shape index (κ3) is 3.25. The van der Waals surface area contributed by atoms with Crippen LogP contribution in [0.2, 0.25) is 0 Å². The van der Waals surface area contributed by atoms with Crippen LogP contribution in [0.4, 0.5) is 0 Å². The first-order valence-electron chi connectivity index (χ1n) is 6.68. The fourth-order valence-corrected chi connectivity index (χ4v) is 4.26. The number of hydrogen-bond donors (Lipinski definition) is 2. The van der Waals surface area contributed by atoms with Crippen LogP contribution >= 0.6 is 11.8 Å². The summed E-state index contributed by atoms with van der Waals surface area (Å²) in [7, 11) is 0. The molecule has 16 heavy (non-hydrogen) atoms. The van der Waals surface area contributed by atoms with Crippen LogP contribution in [0.5, 0.6) is 0 Å². The van der Waals surface area contributed by atoms with E-state index in [1.165, 1.54) is 57.1 Å². The van der Waals surface area contributed by atoms with Gasteiger partial charge in [-0.05, 0) is 44.3 Å². The van der Waals surface area contributed by atoms with Crippen molar-refractivity contribution >= 4 is 11.8 Å². The average Bonchev–Trinajstić information content (AvgIpc) is 2.61. The van der Waals surface area contributed by atoms with E-state index in [1.54, 1.807) is 5.57 Å². The van der Waals surface area contributed by atoms with E-state index in [-0.39, 0.29) is 0 Å². The predicted molar refractivity (Wildman–Crippen MR) is 72.4 cm³/mol. The summed E-state index contributed by atoms with van der Waals surface area (Å²) in [6.07, 6.45) is 13.1. The minimum Gasteiger partial charge on any atom is -0.271 e. The van der Waals surface area contributed by atoms with Crippen LogP contribution in [-0.2, 0) is 0 Å². The second kappa shape index (κ2) is 6.67. The maximum absolute atomic E-state index is 5.78. The Morgan fingerprint density at radius 3 is 2.94 bits per heavy atom. The van der Waals surface area contributed by atoms with Crippen molar-refractivity contribution in [1.29, 1.82) is 0 Å². The molecule has 1 saturated heterocycles. The van der Waals surface area contributed by atoms with E-state index < -0.39 is 0 Å². The highest BCUT2D eigenvalue weighted by Crippen LogP contribution is 2.32. The lowest BCUT2D eigenvalue weighted by molar-refractivity contribution is 0.507. The van der Waals surface area contributed by atoms with Gasteiger partial charge in [0.2, 0.25) is 0 Å². The van der Waals surface area contributed by atoms with E-state index in [0.717, 1.165) is 0 Å². The number of nitrogens with one attached hydrogen (secondary N) is 1. The van der Waals surface area contributed by atoms with Crippen molar-refractivity contribution in [3.05, 3.63) is 11.6 Å². The van der Waals surface area contributed by atoms with Gasteiger partial charge in [0.25, 0.3) is 0 Å². The van der Waals surface area contributed by atoms with E-state index in [9.17, 15) is 0 Å². The zero-order valence-corrected chi connectivity index (χ0v) is 10.9. The van der Waals surface area contributed by atoms with Gasteiger partial charge in [0.05, 0.1) is 6.04 Å². The Bertz CT molecular complexity index is 234. The van der Waals surface area contributed by atoms with Crippen LogP contribution in [0, 0.1) is 0 Å².